The predicted octanol–water partition coefficient (Wildman–Crippen LogP) is 1.54. The van der Waals surface area contributed by atoms with Crippen LogP contribution in [0.3, 0.4) is 0 Å². The van der Waals surface area contributed by atoms with Gasteiger partial charge in [0.15, 0.2) is 4.77 Å². The van der Waals surface area contributed by atoms with Crippen LogP contribution >= 0.6 is 12.2 Å². The van der Waals surface area contributed by atoms with Crippen molar-refractivity contribution in [1.29, 1.82) is 0 Å². The molecule has 0 aliphatic carbocycles. The van der Waals surface area contributed by atoms with Crippen molar-refractivity contribution in [2.75, 3.05) is 31.1 Å². The minimum Gasteiger partial charge on any atom is -0.339 e. The van der Waals surface area contributed by atoms with Gasteiger partial charge >= 0.3 is 0 Å². The van der Waals surface area contributed by atoms with Crippen LogP contribution in [0.4, 0.5) is 5.95 Å². The summed E-state index contributed by atoms with van der Waals surface area (Å²) >= 11 is 5.17. The van der Waals surface area contributed by atoms with Gasteiger partial charge in [0.2, 0.25) is 5.95 Å². The van der Waals surface area contributed by atoms with Crippen LogP contribution in [0.2, 0.25) is 0 Å². The van der Waals surface area contributed by atoms with Gasteiger partial charge in [-0.05, 0) is 44.6 Å². The second kappa shape index (κ2) is 5.01. The largest absolute Gasteiger partial charge is 0.339 e. The third-order valence-electron chi connectivity index (χ3n) is 4.21. The third-order valence-corrected chi connectivity index (χ3v) is 4.57. The van der Waals surface area contributed by atoms with Gasteiger partial charge < -0.3 is 4.90 Å². The molecule has 0 bridgehead atoms. The Kier molecular flexibility index (Phi) is 3.39. The molecular weight excluding hydrogens is 246 g/mol. The maximum Gasteiger partial charge on any atom is 0.225 e. The monoisotopic (exact) mass is 267 g/mol. The number of nitrogens with zero attached hydrogens (tertiary/aromatic N) is 4. The van der Waals surface area contributed by atoms with Crippen LogP contribution in [0, 0.1) is 4.77 Å². The molecule has 6 heteroatoms. The van der Waals surface area contributed by atoms with Crippen molar-refractivity contribution in [2.45, 2.75) is 31.7 Å². The topological polar surface area (TPSA) is 40.1 Å². The summed E-state index contributed by atoms with van der Waals surface area (Å²) in [6.45, 7) is 4.73. The fraction of sp³-hybridized carbons (Fsp3) is 0.833. The van der Waals surface area contributed by atoms with E-state index >= 15 is 0 Å². The van der Waals surface area contributed by atoms with E-state index in [-0.39, 0.29) is 0 Å². The first-order valence-corrected chi connectivity index (χ1v) is 7.27. The van der Waals surface area contributed by atoms with Crippen LogP contribution in [0.15, 0.2) is 0 Å². The Bertz CT molecular complexity index is 459. The molecule has 0 amide bonds. The number of rotatable bonds is 2. The summed E-state index contributed by atoms with van der Waals surface area (Å²) < 4.78 is 2.67. The molecule has 100 valence electrons. The number of H-pyrrole nitrogens is 1. The van der Waals surface area contributed by atoms with Gasteiger partial charge in [-0.15, -0.1) is 5.10 Å². The number of hydrogen-bond donors (Lipinski definition) is 1. The molecule has 0 aromatic carbocycles. The van der Waals surface area contributed by atoms with Gasteiger partial charge in [0.1, 0.15) is 0 Å². The Morgan fingerprint density at radius 3 is 2.67 bits per heavy atom. The van der Waals surface area contributed by atoms with Gasteiger partial charge in [0.05, 0.1) is 0 Å². The van der Waals surface area contributed by atoms with E-state index in [4.69, 9.17) is 12.2 Å². The van der Waals surface area contributed by atoms with Gasteiger partial charge in [-0.25, -0.2) is 5.10 Å². The van der Waals surface area contributed by atoms with E-state index in [0.717, 1.165) is 19.0 Å². The van der Waals surface area contributed by atoms with E-state index in [1.807, 2.05) is 11.6 Å². The zero-order chi connectivity index (χ0) is 12.5. The first kappa shape index (κ1) is 12.2. The number of hydrogen-bond acceptors (Lipinski definition) is 4. The molecule has 1 unspecified atom stereocenters. The summed E-state index contributed by atoms with van der Waals surface area (Å²) in [6, 6.07) is 0.704. The lowest BCUT2D eigenvalue weighted by atomic mass is 10.1. The Morgan fingerprint density at radius 1 is 1.22 bits per heavy atom. The second-order valence-corrected chi connectivity index (χ2v) is 5.76. The Hall–Kier alpha value is -0.880. The summed E-state index contributed by atoms with van der Waals surface area (Å²) in [4.78, 5) is 5.01. The standard InChI is InChI=1S/C12H21N5S/c1-15-11(13-14-12(15)18)17-8-5-10(9-17)16-6-3-2-4-7-16/h10H,2-9H2,1H3,(H,14,18). The van der Waals surface area contributed by atoms with Crippen LogP contribution in [0.5, 0.6) is 0 Å². The van der Waals surface area contributed by atoms with E-state index in [9.17, 15) is 0 Å². The lowest BCUT2D eigenvalue weighted by molar-refractivity contribution is 0.174. The smallest absolute Gasteiger partial charge is 0.225 e. The highest BCUT2D eigenvalue weighted by Gasteiger charge is 2.30. The zero-order valence-corrected chi connectivity index (χ0v) is 11.7. The molecule has 2 aliphatic rings. The van der Waals surface area contributed by atoms with Gasteiger partial charge in [0.25, 0.3) is 0 Å². The Labute approximate surface area is 113 Å². The molecule has 18 heavy (non-hydrogen) atoms. The summed E-state index contributed by atoms with van der Waals surface area (Å²) in [5.74, 6) is 0.986. The van der Waals surface area contributed by atoms with Crippen molar-refractivity contribution in [3.63, 3.8) is 0 Å². The Morgan fingerprint density at radius 2 is 2.00 bits per heavy atom. The van der Waals surface area contributed by atoms with Crippen molar-refractivity contribution < 1.29 is 0 Å². The normalized spacial score (nSPS) is 25.8. The average Bonchev–Trinajstić information content (AvgIpc) is 3.00. The average molecular weight is 267 g/mol. The molecule has 0 radical (unpaired) electrons. The quantitative estimate of drug-likeness (QED) is 0.825. The van der Waals surface area contributed by atoms with Crippen LogP contribution in [0.1, 0.15) is 25.7 Å². The summed E-state index contributed by atoms with van der Waals surface area (Å²) in [5, 5.41) is 7.20. The number of nitrogens with one attached hydrogen (secondary N) is 1. The zero-order valence-electron chi connectivity index (χ0n) is 10.9. The van der Waals surface area contributed by atoms with Crippen LogP contribution < -0.4 is 4.90 Å². The molecule has 3 rings (SSSR count). The summed E-state index contributed by atoms with van der Waals surface area (Å²) in [6.07, 6.45) is 5.38. The number of likely N-dealkylation sites (tertiary alicyclic amines) is 1. The number of aromatic nitrogens is 3. The fourth-order valence-corrected chi connectivity index (χ4v) is 3.25. The maximum absolute atomic E-state index is 5.17. The lowest BCUT2D eigenvalue weighted by Crippen LogP contribution is -2.41. The number of aromatic amines is 1. The molecular formula is C12H21N5S. The van der Waals surface area contributed by atoms with Crippen LogP contribution in [0.25, 0.3) is 0 Å². The molecule has 3 heterocycles. The van der Waals surface area contributed by atoms with Crippen molar-refractivity contribution in [2.24, 2.45) is 7.05 Å². The van der Waals surface area contributed by atoms with Gasteiger partial charge in [0, 0.05) is 26.2 Å². The predicted molar refractivity (Wildman–Crippen MR) is 74.4 cm³/mol. The molecule has 1 N–H and O–H groups in total. The molecule has 1 atom stereocenters. The Balaban J connectivity index is 1.67. The number of anilines is 1. The van der Waals surface area contributed by atoms with Gasteiger partial charge in [-0.1, -0.05) is 6.42 Å². The second-order valence-electron chi connectivity index (χ2n) is 5.37. The van der Waals surface area contributed by atoms with E-state index in [0.29, 0.717) is 10.8 Å². The molecule has 1 aromatic heterocycles. The first-order chi connectivity index (χ1) is 8.75. The first-order valence-electron chi connectivity index (χ1n) is 6.86. The van der Waals surface area contributed by atoms with Crippen LogP contribution in [-0.2, 0) is 7.05 Å². The van der Waals surface area contributed by atoms with E-state index < -0.39 is 0 Å². The maximum atomic E-state index is 5.17. The molecule has 1 aromatic rings. The summed E-state index contributed by atoms with van der Waals surface area (Å²) in [5.41, 5.74) is 0. The SMILES string of the molecule is Cn1c(N2CCC(N3CCCCC3)C2)n[nH]c1=S. The molecule has 5 nitrogen and oxygen atoms in total. The molecule has 0 saturated carbocycles. The minimum absolute atomic E-state index is 0.700. The van der Waals surface area contributed by atoms with Crippen molar-refractivity contribution >= 4 is 18.2 Å². The van der Waals surface area contributed by atoms with Gasteiger partial charge in [-0.2, -0.15) is 0 Å². The van der Waals surface area contributed by atoms with Crippen molar-refractivity contribution in [1.82, 2.24) is 19.7 Å². The lowest BCUT2D eigenvalue weighted by Gasteiger charge is -2.32. The highest BCUT2D eigenvalue weighted by atomic mass is 32.1. The van der Waals surface area contributed by atoms with E-state index in [1.54, 1.807) is 0 Å². The van der Waals surface area contributed by atoms with E-state index in [2.05, 4.69) is 20.0 Å². The highest BCUT2D eigenvalue weighted by molar-refractivity contribution is 7.71. The third kappa shape index (κ3) is 2.19. The summed E-state index contributed by atoms with van der Waals surface area (Å²) in [7, 11) is 1.98. The molecule has 2 fully saturated rings. The minimum atomic E-state index is 0.700. The van der Waals surface area contributed by atoms with E-state index in [1.165, 1.54) is 38.8 Å². The molecule has 2 aliphatic heterocycles. The van der Waals surface area contributed by atoms with Crippen molar-refractivity contribution in [3.8, 4) is 0 Å². The molecule has 2 saturated heterocycles. The van der Waals surface area contributed by atoms with Gasteiger partial charge in [-0.3, -0.25) is 9.47 Å². The number of piperidine rings is 1. The molecule has 0 spiro atoms. The highest BCUT2D eigenvalue weighted by Crippen LogP contribution is 2.23. The van der Waals surface area contributed by atoms with Crippen molar-refractivity contribution in [3.05, 3.63) is 4.77 Å². The van der Waals surface area contributed by atoms with Crippen LogP contribution in [-0.4, -0.2) is 51.9 Å². The fourth-order valence-electron chi connectivity index (χ4n) is 3.13.